The predicted octanol–water partition coefficient (Wildman–Crippen LogP) is 7.52. The summed E-state index contributed by atoms with van der Waals surface area (Å²) in [5.74, 6) is -0.594. The molecule has 0 heterocycles. The van der Waals surface area contributed by atoms with Crippen LogP contribution in [0.25, 0.3) is 22.3 Å². The molecule has 0 atom stereocenters. The quantitative estimate of drug-likeness (QED) is 0.255. The zero-order valence-electron chi connectivity index (χ0n) is 20.3. The number of rotatable bonds is 6. The van der Waals surface area contributed by atoms with Gasteiger partial charge in [0, 0.05) is 10.0 Å². The highest BCUT2D eigenvalue weighted by Gasteiger charge is 2.14. The summed E-state index contributed by atoms with van der Waals surface area (Å²) >= 11 is 11.7. The number of esters is 1. The molecule has 0 saturated carbocycles. The van der Waals surface area contributed by atoms with Gasteiger partial charge in [0.2, 0.25) is 0 Å². The van der Waals surface area contributed by atoms with Gasteiger partial charge in [0.15, 0.2) is 0 Å². The summed E-state index contributed by atoms with van der Waals surface area (Å²) in [5, 5.41) is 10.3. The summed E-state index contributed by atoms with van der Waals surface area (Å²) in [6.45, 7) is 0. The average Bonchev–Trinajstić information content (AvgIpc) is 2.93. The largest absolute Gasteiger partial charge is 0.496 e. The van der Waals surface area contributed by atoms with Crippen LogP contribution in [-0.2, 0) is 4.74 Å². The maximum Gasteiger partial charge on any atom is 0.341 e. The number of carboxylic acid groups (broad SMARTS) is 1. The van der Waals surface area contributed by atoms with Crippen LogP contribution < -0.4 is 9.47 Å². The first-order chi connectivity index (χ1) is 17.8. The second-order valence-electron chi connectivity index (χ2n) is 7.64. The van der Waals surface area contributed by atoms with Crippen molar-refractivity contribution in [2.45, 2.75) is 0 Å². The van der Waals surface area contributed by atoms with Gasteiger partial charge < -0.3 is 19.3 Å². The zero-order valence-corrected chi connectivity index (χ0v) is 21.8. The molecule has 0 spiro atoms. The van der Waals surface area contributed by atoms with Crippen LogP contribution in [-0.4, -0.2) is 38.4 Å². The van der Waals surface area contributed by atoms with Crippen molar-refractivity contribution in [3.63, 3.8) is 0 Å². The first-order valence-electron chi connectivity index (χ1n) is 11.0. The zero-order chi connectivity index (χ0) is 26.9. The van der Waals surface area contributed by atoms with Crippen molar-refractivity contribution >= 4 is 35.1 Å². The summed E-state index contributed by atoms with van der Waals surface area (Å²) in [4.78, 5) is 22.5. The van der Waals surface area contributed by atoms with Crippen LogP contribution in [0, 0.1) is 0 Å². The molecule has 1 N–H and O–H groups in total. The van der Waals surface area contributed by atoms with E-state index in [1.165, 1.54) is 27.4 Å². The summed E-state index contributed by atoms with van der Waals surface area (Å²) in [6, 6.07) is 25.1. The number of hydrogen-bond donors (Lipinski definition) is 1. The molecule has 0 amide bonds. The maximum atomic E-state index is 11.6. The normalized spacial score (nSPS) is 10.1. The number of halogens is 2. The summed E-state index contributed by atoms with van der Waals surface area (Å²) in [6.07, 6.45) is 0. The first-order valence-corrected chi connectivity index (χ1v) is 11.7. The molecule has 0 radical (unpaired) electrons. The second-order valence-corrected chi connectivity index (χ2v) is 8.51. The van der Waals surface area contributed by atoms with E-state index in [1.54, 1.807) is 36.4 Å². The van der Waals surface area contributed by atoms with Crippen LogP contribution >= 0.6 is 23.2 Å². The van der Waals surface area contributed by atoms with Crippen molar-refractivity contribution in [1.29, 1.82) is 0 Å². The molecular weight excluding hydrogens is 515 g/mol. The number of carbonyl (C=O) groups excluding carboxylic acids is 1. The van der Waals surface area contributed by atoms with E-state index in [0.29, 0.717) is 27.1 Å². The van der Waals surface area contributed by atoms with Gasteiger partial charge in [-0.3, -0.25) is 0 Å². The number of benzene rings is 4. The summed E-state index contributed by atoms with van der Waals surface area (Å²) < 4.78 is 15.0. The highest BCUT2D eigenvalue weighted by atomic mass is 35.5. The minimum absolute atomic E-state index is 0.148. The lowest BCUT2D eigenvalue weighted by Gasteiger charge is -2.09. The Morgan fingerprint density at radius 3 is 1.35 bits per heavy atom. The molecule has 0 aliphatic rings. The number of carboxylic acids is 1. The lowest BCUT2D eigenvalue weighted by molar-refractivity contribution is 0.0596. The van der Waals surface area contributed by atoms with E-state index < -0.39 is 11.9 Å². The van der Waals surface area contributed by atoms with Gasteiger partial charge >= 0.3 is 11.9 Å². The van der Waals surface area contributed by atoms with E-state index in [2.05, 4.69) is 0 Å². The van der Waals surface area contributed by atoms with Crippen LogP contribution in [0.1, 0.15) is 20.7 Å². The highest BCUT2D eigenvalue weighted by Crippen LogP contribution is 2.29. The van der Waals surface area contributed by atoms with Crippen molar-refractivity contribution in [2.75, 3.05) is 21.3 Å². The third-order valence-electron chi connectivity index (χ3n) is 5.39. The minimum Gasteiger partial charge on any atom is -0.496 e. The number of ether oxygens (including phenoxy) is 3. The van der Waals surface area contributed by atoms with Crippen molar-refractivity contribution in [1.82, 2.24) is 0 Å². The summed E-state index contributed by atoms with van der Waals surface area (Å²) in [7, 11) is 4.32. The Labute approximate surface area is 224 Å². The van der Waals surface area contributed by atoms with E-state index in [-0.39, 0.29) is 5.56 Å². The topological polar surface area (TPSA) is 82.1 Å². The van der Waals surface area contributed by atoms with Crippen LogP contribution in [0.4, 0.5) is 0 Å². The molecule has 0 saturated heterocycles. The molecule has 190 valence electrons. The lowest BCUT2D eigenvalue weighted by atomic mass is 10.0. The second kappa shape index (κ2) is 12.8. The Hall–Kier alpha value is -4.00. The van der Waals surface area contributed by atoms with E-state index in [9.17, 15) is 9.59 Å². The van der Waals surface area contributed by atoms with Gasteiger partial charge in [0.05, 0.1) is 21.3 Å². The lowest BCUT2D eigenvalue weighted by Crippen LogP contribution is -2.04. The average molecular weight is 539 g/mol. The summed E-state index contributed by atoms with van der Waals surface area (Å²) in [5.41, 5.74) is 4.33. The number of aromatic carboxylic acids is 1. The molecule has 0 bridgehead atoms. The van der Waals surface area contributed by atoms with Crippen molar-refractivity contribution < 1.29 is 28.9 Å². The molecular formula is C29H24Cl2O6. The third-order valence-corrected chi connectivity index (χ3v) is 5.90. The Kier molecular flexibility index (Phi) is 9.55. The fraction of sp³-hybridized carbons (Fsp3) is 0.103. The van der Waals surface area contributed by atoms with Crippen LogP contribution in [0.3, 0.4) is 0 Å². The van der Waals surface area contributed by atoms with Gasteiger partial charge in [-0.1, -0.05) is 59.6 Å². The van der Waals surface area contributed by atoms with Crippen molar-refractivity contribution in [3.05, 3.63) is 106 Å². The molecule has 0 unspecified atom stereocenters. The SMILES string of the molecule is COC(=O)c1ccc(-c2ccc(Cl)cc2)cc1OC.COc1cc(-c2ccc(Cl)cc2)ccc1C(=O)O. The molecule has 0 aromatic heterocycles. The van der Waals surface area contributed by atoms with Gasteiger partial charge in [-0.15, -0.1) is 0 Å². The monoisotopic (exact) mass is 538 g/mol. The van der Waals surface area contributed by atoms with Gasteiger partial charge in [-0.25, -0.2) is 9.59 Å². The van der Waals surface area contributed by atoms with Crippen LogP contribution in [0.15, 0.2) is 84.9 Å². The van der Waals surface area contributed by atoms with Crippen LogP contribution in [0.2, 0.25) is 10.0 Å². The van der Waals surface area contributed by atoms with Gasteiger partial charge in [0.1, 0.15) is 22.6 Å². The minimum atomic E-state index is -1.01. The molecule has 0 aliphatic heterocycles. The van der Waals surface area contributed by atoms with Crippen molar-refractivity contribution in [2.24, 2.45) is 0 Å². The van der Waals surface area contributed by atoms with Gasteiger partial charge in [-0.05, 0) is 70.8 Å². The molecule has 8 heteroatoms. The molecule has 37 heavy (non-hydrogen) atoms. The Balaban J connectivity index is 0.000000206. The fourth-order valence-electron chi connectivity index (χ4n) is 3.48. The number of carbonyl (C=O) groups is 2. The Morgan fingerprint density at radius 1 is 0.595 bits per heavy atom. The van der Waals surface area contributed by atoms with E-state index in [4.69, 9.17) is 42.5 Å². The Morgan fingerprint density at radius 2 is 0.973 bits per heavy atom. The van der Waals surface area contributed by atoms with Gasteiger partial charge in [-0.2, -0.15) is 0 Å². The first kappa shape index (κ1) is 27.6. The fourth-order valence-corrected chi connectivity index (χ4v) is 3.73. The maximum absolute atomic E-state index is 11.6. The molecule has 4 aromatic carbocycles. The number of hydrogen-bond acceptors (Lipinski definition) is 5. The smallest absolute Gasteiger partial charge is 0.341 e. The standard InChI is InChI=1S/C15H13ClO3.C14H11ClO3/c1-18-14-9-11(5-8-13(14)15(17)19-2)10-3-6-12(16)7-4-10;1-18-13-8-10(4-7-12(13)14(16)17)9-2-5-11(15)6-3-9/h3-9H,1-2H3;2-8H,1H3,(H,16,17). The molecule has 6 nitrogen and oxygen atoms in total. The van der Waals surface area contributed by atoms with E-state index in [1.807, 2.05) is 42.5 Å². The highest BCUT2D eigenvalue weighted by molar-refractivity contribution is 6.30. The molecule has 4 aromatic rings. The third kappa shape index (κ3) is 7.03. The Bertz CT molecular complexity index is 1380. The number of methoxy groups -OCH3 is 3. The van der Waals surface area contributed by atoms with E-state index in [0.717, 1.165) is 22.3 Å². The molecule has 4 rings (SSSR count). The molecule has 0 aliphatic carbocycles. The van der Waals surface area contributed by atoms with Crippen molar-refractivity contribution in [3.8, 4) is 33.8 Å². The molecule has 0 fully saturated rings. The van der Waals surface area contributed by atoms with Crippen LogP contribution in [0.5, 0.6) is 11.5 Å². The van der Waals surface area contributed by atoms with E-state index >= 15 is 0 Å². The predicted molar refractivity (Wildman–Crippen MR) is 145 cm³/mol. The van der Waals surface area contributed by atoms with Gasteiger partial charge in [0.25, 0.3) is 0 Å².